The van der Waals surface area contributed by atoms with Gasteiger partial charge in [-0.1, -0.05) is 36.9 Å². The summed E-state index contributed by atoms with van der Waals surface area (Å²) in [6.07, 6.45) is 4.89. The van der Waals surface area contributed by atoms with E-state index in [1.54, 1.807) is 6.07 Å². The van der Waals surface area contributed by atoms with Gasteiger partial charge in [0.2, 0.25) is 10.0 Å². The van der Waals surface area contributed by atoms with E-state index in [0.29, 0.717) is 5.56 Å². The second-order valence-corrected chi connectivity index (χ2v) is 7.71. The van der Waals surface area contributed by atoms with Crippen molar-refractivity contribution in [1.29, 1.82) is 0 Å². The molecule has 112 valence electrons. The zero-order chi connectivity index (χ0) is 14.8. The van der Waals surface area contributed by atoms with Crippen molar-refractivity contribution in [3.05, 3.63) is 28.8 Å². The second-order valence-electron chi connectivity index (χ2n) is 5.65. The van der Waals surface area contributed by atoms with Crippen molar-refractivity contribution in [1.82, 2.24) is 4.72 Å². The number of benzene rings is 1. The summed E-state index contributed by atoms with van der Waals surface area (Å²) in [6.45, 7) is 1.73. The minimum absolute atomic E-state index is 0.0394. The lowest BCUT2D eigenvalue weighted by Crippen LogP contribution is -2.47. The molecule has 1 aromatic carbocycles. The highest BCUT2D eigenvalue weighted by molar-refractivity contribution is 7.89. The number of aliphatic hydroxyl groups excluding tert-OH is 1. The van der Waals surface area contributed by atoms with Crippen LogP contribution in [0.15, 0.2) is 23.1 Å². The molecule has 0 radical (unpaired) electrons. The molecule has 1 aromatic rings. The van der Waals surface area contributed by atoms with Gasteiger partial charge in [-0.15, -0.1) is 0 Å². The first kappa shape index (κ1) is 15.8. The van der Waals surface area contributed by atoms with Crippen LogP contribution in [0, 0.1) is 0 Å². The van der Waals surface area contributed by atoms with E-state index in [4.69, 9.17) is 16.7 Å². The summed E-state index contributed by atoms with van der Waals surface area (Å²) < 4.78 is 27.8. The molecule has 1 aliphatic carbocycles. The van der Waals surface area contributed by atoms with Gasteiger partial charge in [0.1, 0.15) is 4.90 Å². The van der Waals surface area contributed by atoms with Crippen LogP contribution in [0.1, 0.15) is 44.6 Å². The summed E-state index contributed by atoms with van der Waals surface area (Å²) in [5.41, 5.74) is 0.124. The Kier molecular flexibility index (Phi) is 4.74. The van der Waals surface area contributed by atoms with Crippen LogP contribution in [0.25, 0.3) is 0 Å². The molecule has 0 atom stereocenters. The Bertz CT molecular complexity index is 580. The molecule has 20 heavy (non-hydrogen) atoms. The fraction of sp³-hybridized carbons (Fsp3) is 0.571. The van der Waals surface area contributed by atoms with Gasteiger partial charge < -0.3 is 5.11 Å². The van der Waals surface area contributed by atoms with Crippen molar-refractivity contribution < 1.29 is 13.5 Å². The number of aliphatic hydroxyl groups is 1. The number of hydrogen-bond donors (Lipinski definition) is 2. The molecule has 1 fully saturated rings. The molecular formula is C14H20ClNO3S. The van der Waals surface area contributed by atoms with E-state index in [1.807, 2.05) is 6.92 Å². The summed E-state index contributed by atoms with van der Waals surface area (Å²) >= 11 is 6.00. The van der Waals surface area contributed by atoms with Gasteiger partial charge in [-0.25, -0.2) is 13.1 Å². The van der Waals surface area contributed by atoms with Gasteiger partial charge in [0.15, 0.2) is 0 Å². The summed E-state index contributed by atoms with van der Waals surface area (Å²) in [5.74, 6) is 0. The summed E-state index contributed by atoms with van der Waals surface area (Å²) in [5, 5.41) is 9.31. The molecule has 0 amide bonds. The third kappa shape index (κ3) is 3.52. The Morgan fingerprint density at radius 2 is 1.95 bits per heavy atom. The minimum Gasteiger partial charge on any atom is -0.392 e. The Labute approximate surface area is 125 Å². The fourth-order valence-corrected chi connectivity index (χ4v) is 4.68. The SMILES string of the molecule is CC1(NS(=O)(=O)c2cc(CO)ccc2Cl)CCCCC1. The summed E-state index contributed by atoms with van der Waals surface area (Å²) in [7, 11) is -3.67. The minimum atomic E-state index is -3.67. The van der Waals surface area contributed by atoms with Crippen molar-refractivity contribution in [2.24, 2.45) is 0 Å². The van der Waals surface area contributed by atoms with Crippen molar-refractivity contribution in [2.75, 3.05) is 0 Å². The van der Waals surface area contributed by atoms with E-state index < -0.39 is 15.6 Å². The van der Waals surface area contributed by atoms with Crippen LogP contribution in [-0.4, -0.2) is 19.1 Å². The first-order chi connectivity index (χ1) is 9.36. The van der Waals surface area contributed by atoms with E-state index in [1.165, 1.54) is 12.1 Å². The predicted molar refractivity (Wildman–Crippen MR) is 79.2 cm³/mol. The van der Waals surface area contributed by atoms with Crippen LogP contribution < -0.4 is 4.72 Å². The standard InChI is InChI=1S/C14H20ClNO3S/c1-14(7-3-2-4-8-14)16-20(18,19)13-9-11(10-17)5-6-12(13)15/h5-6,9,16-17H,2-4,7-8,10H2,1H3. The third-order valence-electron chi connectivity index (χ3n) is 3.81. The monoisotopic (exact) mass is 317 g/mol. The molecule has 0 bridgehead atoms. The zero-order valence-electron chi connectivity index (χ0n) is 11.5. The highest BCUT2D eigenvalue weighted by Crippen LogP contribution is 2.31. The Morgan fingerprint density at radius 1 is 1.30 bits per heavy atom. The van der Waals surface area contributed by atoms with Gasteiger partial charge in [-0.05, 0) is 37.5 Å². The molecule has 1 aliphatic rings. The molecule has 0 saturated heterocycles. The Hall–Kier alpha value is -0.620. The summed E-state index contributed by atoms with van der Waals surface area (Å²) in [6, 6.07) is 4.55. The van der Waals surface area contributed by atoms with E-state index in [2.05, 4.69) is 4.72 Å². The molecule has 0 aromatic heterocycles. The molecule has 0 heterocycles. The van der Waals surface area contributed by atoms with Crippen LogP contribution in [0.4, 0.5) is 0 Å². The van der Waals surface area contributed by atoms with Gasteiger partial charge in [0, 0.05) is 5.54 Å². The first-order valence-electron chi connectivity index (χ1n) is 6.80. The van der Waals surface area contributed by atoms with E-state index in [9.17, 15) is 8.42 Å². The molecule has 0 unspecified atom stereocenters. The molecule has 1 saturated carbocycles. The van der Waals surface area contributed by atoms with Crippen molar-refractivity contribution in [2.45, 2.75) is 56.1 Å². The first-order valence-corrected chi connectivity index (χ1v) is 8.66. The zero-order valence-corrected chi connectivity index (χ0v) is 13.1. The molecule has 2 N–H and O–H groups in total. The van der Waals surface area contributed by atoms with Gasteiger partial charge in [-0.3, -0.25) is 0 Å². The van der Waals surface area contributed by atoms with Crippen molar-refractivity contribution in [3.8, 4) is 0 Å². The summed E-state index contributed by atoms with van der Waals surface area (Å²) in [4.78, 5) is 0.0394. The molecular weight excluding hydrogens is 298 g/mol. The van der Waals surface area contributed by atoms with Gasteiger partial charge in [0.25, 0.3) is 0 Å². The molecule has 0 aliphatic heterocycles. The van der Waals surface area contributed by atoms with Crippen LogP contribution >= 0.6 is 11.6 Å². The van der Waals surface area contributed by atoms with E-state index >= 15 is 0 Å². The number of hydrogen-bond acceptors (Lipinski definition) is 3. The Morgan fingerprint density at radius 3 is 2.55 bits per heavy atom. The largest absolute Gasteiger partial charge is 0.392 e. The average molecular weight is 318 g/mol. The topological polar surface area (TPSA) is 66.4 Å². The molecule has 2 rings (SSSR count). The molecule has 6 heteroatoms. The van der Waals surface area contributed by atoms with Crippen LogP contribution in [0.5, 0.6) is 0 Å². The van der Waals surface area contributed by atoms with Crippen LogP contribution in [0.3, 0.4) is 0 Å². The predicted octanol–water partition coefficient (Wildman–Crippen LogP) is 2.83. The third-order valence-corrected chi connectivity index (χ3v) is 5.93. The fourth-order valence-electron chi connectivity index (χ4n) is 2.67. The second kappa shape index (κ2) is 6.02. The van der Waals surface area contributed by atoms with Crippen LogP contribution in [-0.2, 0) is 16.6 Å². The molecule has 4 nitrogen and oxygen atoms in total. The highest BCUT2D eigenvalue weighted by Gasteiger charge is 2.32. The number of nitrogens with one attached hydrogen (secondary N) is 1. The van der Waals surface area contributed by atoms with Gasteiger partial charge >= 0.3 is 0 Å². The lowest BCUT2D eigenvalue weighted by molar-refractivity contribution is 0.281. The molecule has 0 spiro atoms. The maximum atomic E-state index is 12.5. The van der Waals surface area contributed by atoms with Crippen LogP contribution in [0.2, 0.25) is 5.02 Å². The lowest BCUT2D eigenvalue weighted by atomic mass is 9.84. The van der Waals surface area contributed by atoms with Crippen molar-refractivity contribution >= 4 is 21.6 Å². The maximum Gasteiger partial charge on any atom is 0.242 e. The number of sulfonamides is 1. The lowest BCUT2D eigenvalue weighted by Gasteiger charge is -2.34. The quantitative estimate of drug-likeness (QED) is 0.897. The average Bonchev–Trinajstić information content (AvgIpc) is 2.38. The maximum absolute atomic E-state index is 12.5. The number of rotatable bonds is 4. The van der Waals surface area contributed by atoms with E-state index in [0.717, 1.165) is 32.1 Å². The van der Waals surface area contributed by atoms with E-state index in [-0.39, 0.29) is 16.5 Å². The van der Waals surface area contributed by atoms with Gasteiger partial charge in [-0.2, -0.15) is 0 Å². The van der Waals surface area contributed by atoms with Crippen molar-refractivity contribution in [3.63, 3.8) is 0 Å². The smallest absolute Gasteiger partial charge is 0.242 e. The highest BCUT2D eigenvalue weighted by atomic mass is 35.5. The number of halogens is 1. The Balaban J connectivity index is 2.30. The van der Waals surface area contributed by atoms with Gasteiger partial charge in [0.05, 0.1) is 11.6 Å². The normalized spacial score (nSPS) is 18.9.